The van der Waals surface area contributed by atoms with E-state index in [1.54, 1.807) is 6.07 Å². The highest BCUT2D eigenvalue weighted by Crippen LogP contribution is 2.30. The van der Waals surface area contributed by atoms with Gasteiger partial charge in [0.25, 0.3) is 0 Å². The van der Waals surface area contributed by atoms with Crippen LogP contribution in [0.15, 0.2) is 34.7 Å². The number of aryl methyl sites for hydroxylation is 1. The van der Waals surface area contributed by atoms with Crippen molar-refractivity contribution in [2.24, 2.45) is 0 Å². The summed E-state index contributed by atoms with van der Waals surface area (Å²) in [4.78, 5) is 0. The molecule has 2 rings (SSSR count). The van der Waals surface area contributed by atoms with Gasteiger partial charge >= 0.3 is 0 Å². The van der Waals surface area contributed by atoms with Gasteiger partial charge in [-0.3, -0.25) is 0 Å². The summed E-state index contributed by atoms with van der Waals surface area (Å²) in [6, 6.07) is 9.46. The Labute approximate surface area is 106 Å². The molecule has 0 bridgehead atoms. The maximum Gasteiger partial charge on any atom is 0.126 e. The average Bonchev–Trinajstić information content (AvgIpc) is 2.72. The van der Waals surface area contributed by atoms with Crippen LogP contribution in [0, 0.1) is 6.92 Å². The molecule has 17 heavy (non-hydrogen) atoms. The summed E-state index contributed by atoms with van der Waals surface area (Å²) >= 11 is 5.96. The molecule has 90 valence electrons. The molecule has 0 saturated heterocycles. The van der Waals surface area contributed by atoms with Crippen molar-refractivity contribution in [3.8, 4) is 0 Å². The number of nitrogens with two attached hydrogens (primary N) is 1. The number of halogens is 1. The van der Waals surface area contributed by atoms with Gasteiger partial charge in [-0.25, -0.2) is 0 Å². The molecule has 2 aromatic rings. The lowest BCUT2D eigenvalue weighted by molar-refractivity contribution is 0.467. The van der Waals surface area contributed by atoms with Crippen molar-refractivity contribution in [2.75, 3.05) is 11.1 Å². The molecule has 0 radical (unpaired) electrons. The van der Waals surface area contributed by atoms with Crippen LogP contribution < -0.4 is 11.1 Å². The van der Waals surface area contributed by atoms with E-state index in [2.05, 4.69) is 5.32 Å². The van der Waals surface area contributed by atoms with Gasteiger partial charge in [-0.15, -0.1) is 0 Å². The number of nitrogen functional groups attached to an aromatic ring is 1. The van der Waals surface area contributed by atoms with Crippen LogP contribution in [0.2, 0.25) is 5.02 Å². The summed E-state index contributed by atoms with van der Waals surface area (Å²) in [6.07, 6.45) is 0. The van der Waals surface area contributed by atoms with Crippen LogP contribution in [0.4, 0.5) is 11.4 Å². The third-order valence-electron chi connectivity index (χ3n) is 2.61. The minimum Gasteiger partial charge on any atom is -0.464 e. The Kier molecular flexibility index (Phi) is 3.29. The van der Waals surface area contributed by atoms with Crippen LogP contribution in [0.1, 0.15) is 24.5 Å². The summed E-state index contributed by atoms with van der Waals surface area (Å²) in [5.74, 6) is 1.77. The smallest absolute Gasteiger partial charge is 0.126 e. The van der Waals surface area contributed by atoms with Crippen LogP contribution in [-0.2, 0) is 0 Å². The SMILES string of the molecule is Cc1ccc(C(C)Nc2cccc(Cl)c2N)o1. The molecule has 0 aliphatic carbocycles. The van der Waals surface area contributed by atoms with Crippen LogP contribution in [0.3, 0.4) is 0 Å². The second kappa shape index (κ2) is 4.72. The Bertz CT molecular complexity index is 522. The first-order valence-corrected chi connectivity index (χ1v) is 5.82. The number of benzene rings is 1. The Morgan fingerprint density at radius 3 is 2.71 bits per heavy atom. The van der Waals surface area contributed by atoms with Gasteiger partial charge in [0.15, 0.2) is 0 Å². The number of rotatable bonds is 3. The Balaban J connectivity index is 2.18. The van der Waals surface area contributed by atoms with Gasteiger partial charge in [0, 0.05) is 0 Å². The van der Waals surface area contributed by atoms with E-state index in [-0.39, 0.29) is 6.04 Å². The molecular formula is C13H15ClN2O. The van der Waals surface area contributed by atoms with Gasteiger partial charge in [-0.1, -0.05) is 17.7 Å². The van der Waals surface area contributed by atoms with Crippen LogP contribution >= 0.6 is 11.6 Å². The number of hydrogen-bond acceptors (Lipinski definition) is 3. The van der Waals surface area contributed by atoms with Crippen LogP contribution in [0.25, 0.3) is 0 Å². The Morgan fingerprint density at radius 1 is 1.29 bits per heavy atom. The van der Waals surface area contributed by atoms with E-state index < -0.39 is 0 Å². The first kappa shape index (κ1) is 11.9. The second-order valence-electron chi connectivity index (χ2n) is 4.02. The van der Waals surface area contributed by atoms with Crippen molar-refractivity contribution in [3.63, 3.8) is 0 Å². The van der Waals surface area contributed by atoms with E-state index in [4.69, 9.17) is 21.8 Å². The fourth-order valence-corrected chi connectivity index (χ4v) is 1.83. The Hall–Kier alpha value is -1.61. The average molecular weight is 251 g/mol. The van der Waals surface area contributed by atoms with Crippen molar-refractivity contribution < 1.29 is 4.42 Å². The van der Waals surface area contributed by atoms with Crippen LogP contribution in [0.5, 0.6) is 0 Å². The number of furan rings is 1. The number of nitrogens with one attached hydrogen (secondary N) is 1. The van der Waals surface area contributed by atoms with Crippen molar-refractivity contribution in [1.29, 1.82) is 0 Å². The lowest BCUT2D eigenvalue weighted by atomic mass is 10.2. The summed E-state index contributed by atoms with van der Waals surface area (Å²) in [6.45, 7) is 3.93. The zero-order valence-corrected chi connectivity index (χ0v) is 10.6. The second-order valence-corrected chi connectivity index (χ2v) is 4.42. The van der Waals surface area contributed by atoms with E-state index >= 15 is 0 Å². The molecule has 0 spiro atoms. The molecule has 0 aliphatic rings. The van der Waals surface area contributed by atoms with Gasteiger partial charge in [0.1, 0.15) is 11.5 Å². The summed E-state index contributed by atoms with van der Waals surface area (Å²) in [7, 11) is 0. The third-order valence-corrected chi connectivity index (χ3v) is 2.94. The molecule has 0 aliphatic heterocycles. The fraction of sp³-hybridized carbons (Fsp3) is 0.231. The fourth-order valence-electron chi connectivity index (χ4n) is 1.65. The highest BCUT2D eigenvalue weighted by Gasteiger charge is 2.11. The van der Waals surface area contributed by atoms with E-state index in [0.29, 0.717) is 10.7 Å². The zero-order chi connectivity index (χ0) is 12.4. The molecular weight excluding hydrogens is 236 g/mol. The standard InChI is InChI=1S/C13H15ClN2O/c1-8-6-7-12(17-8)9(2)16-11-5-3-4-10(14)13(11)15/h3-7,9,16H,15H2,1-2H3. The largest absolute Gasteiger partial charge is 0.464 e. The molecule has 1 aromatic carbocycles. The van der Waals surface area contributed by atoms with Crippen LogP contribution in [-0.4, -0.2) is 0 Å². The molecule has 0 fully saturated rings. The van der Waals surface area contributed by atoms with Crippen molar-refractivity contribution in [1.82, 2.24) is 0 Å². The van der Waals surface area contributed by atoms with Gasteiger partial charge in [0.2, 0.25) is 0 Å². The molecule has 3 nitrogen and oxygen atoms in total. The predicted octanol–water partition coefficient (Wildman–Crippen LogP) is 4.00. The normalized spacial score (nSPS) is 12.4. The minimum absolute atomic E-state index is 0.0458. The molecule has 1 unspecified atom stereocenters. The zero-order valence-electron chi connectivity index (χ0n) is 9.83. The first-order chi connectivity index (χ1) is 8.08. The van der Waals surface area contributed by atoms with E-state index in [1.807, 2.05) is 38.1 Å². The molecule has 3 N–H and O–H groups in total. The predicted molar refractivity (Wildman–Crippen MR) is 71.3 cm³/mol. The number of hydrogen-bond donors (Lipinski definition) is 2. The third kappa shape index (κ3) is 2.56. The van der Waals surface area contributed by atoms with E-state index in [0.717, 1.165) is 17.2 Å². The van der Waals surface area contributed by atoms with E-state index in [9.17, 15) is 0 Å². The summed E-state index contributed by atoms with van der Waals surface area (Å²) < 4.78 is 5.55. The van der Waals surface area contributed by atoms with Gasteiger partial charge in [-0.05, 0) is 38.1 Å². The lowest BCUT2D eigenvalue weighted by Gasteiger charge is -2.15. The quantitative estimate of drug-likeness (QED) is 0.810. The minimum atomic E-state index is 0.0458. The molecule has 4 heteroatoms. The maximum atomic E-state index is 5.96. The highest BCUT2D eigenvalue weighted by atomic mass is 35.5. The molecule has 0 saturated carbocycles. The lowest BCUT2D eigenvalue weighted by Crippen LogP contribution is -2.07. The molecule has 1 atom stereocenters. The monoisotopic (exact) mass is 250 g/mol. The van der Waals surface area contributed by atoms with Crippen molar-refractivity contribution >= 4 is 23.0 Å². The first-order valence-electron chi connectivity index (χ1n) is 5.45. The summed E-state index contributed by atoms with van der Waals surface area (Å²) in [5.41, 5.74) is 7.27. The molecule has 1 aromatic heterocycles. The highest BCUT2D eigenvalue weighted by molar-refractivity contribution is 6.33. The molecule has 1 heterocycles. The maximum absolute atomic E-state index is 5.96. The van der Waals surface area contributed by atoms with Gasteiger partial charge in [-0.2, -0.15) is 0 Å². The number of para-hydroxylation sites is 1. The van der Waals surface area contributed by atoms with Gasteiger partial charge < -0.3 is 15.5 Å². The molecule has 0 amide bonds. The topological polar surface area (TPSA) is 51.2 Å². The van der Waals surface area contributed by atoms with Crippen molar-refractivity contribution in [2.45, 2.75) is 19.9 Å². The van der Waals surface area contributed by atoms with Crippen molar-refractivity contribution in [3.05, 3.63) is 46.9 Å². The van der Waals surface area contributed by atoms with Gasteiger partial charge in [0.05, 0.1) is 22.4 Å². The van der Waals surface area contributed by atoms with E-state index in [1.165, 1.54) is 0 Å². The summed E-state index contributed by atoms with van der Waals surface area (Å²) in [5, 5.41) is 3.83. The Morgan fingerprint density at radius 2 is 2.06 bits per heavy atom. The number of anilines is 2.